The number of carbonyl (C=O) groups excluding carboxylic acids is 1. The highest BCUT2D eigenvalue weighted by atomic mass is 16.4. The van der Waals surface area contributed by atoms with Crippen molar-refractivity contribution in [1.82, 2.24) is 15.2 Å². The van der Waals surface area contributed by atoms with Crippen LogP contribution in [-0.4, -0.2) is 55.6 Å². The molecule has 2 aliphatic rings. The number of rotatable bonds is 3. The van der Waals surface area contributed by atoms with Crippen LogP contribution in [0.1, 0.15) is 23.3 Å². The van der Waals surface area contributed by atoms with Gasteiger partial charge in [-0.3, -0.25) is 9.78 Å². The molecule has 23 heavy (non-hydrogen) atoms. The number of pyridine rings is 1. The van der Waals surface area contributed by atoms with E-state index in [0.29, 0.717) is 11.3 Å². The molecule has 0 spiro atoms. The van der Waals surface area contributed by atoms with Crippen LogP contribution in [0.4, 0.5) is 5.88 Å². The van der Waals surface area contributed by atoms with Gasteiger partial charge >= 0.3 is 0 Å². The highest BCUT2D eigenvalue weighted by Crippen LogP contribution is 2.27. The maximum absolute atomic E-state index is 12.5. The summed E-state index contributed by atoms with van der Waals surface area (Å²) in [4.78, 5) is 21.1. The van der Waals surface area contributed by atoms with Crippen molar-refractivity contribution in [3.63, 3.8) is 0 Å². The first-order valence-corrected chi connectivity index (χ1v) is 8.18. The summed E-state index contributed by atoms with van der Waals surface area (Å²) >= 11 is 0. The molecule has 1 unspecified atom stereocenters. The molecule has 0 aromatic carbocycles. The SMILES string of the molecule is CN(C)c1cc2cnc(C(=O)N[C@@H]3C[C@@H]4CCN(C4)C3)cc2o1. The number of hydrogen-bond acceptors (Lipinski definition) is 5. The largest absolute Gasteiger partial charge is 0.440 e. The van der Waals surface area contributed by atoms with Gasteiger partial charge in [-0.05, 0) is 25.3 Å². The molecule has 4 heterocycles. The van der Waals surface area contributed by atoms with Crippen LogP contribution in [0.2, 0.25) is 0 Å². The second-order valence-electron chi connectivity index (χ2n) is 6.91. The lowest BCUT2D eigenvalue weighted by molar-refractivity contribution is 0.0904. The third-order valence-electron chi connectivity index (χ3n) is 4.86. The maximum Gasteiger partial charge on any atom is 0.270 e. The normalized spacial score (nSPS) is 26.4. The molecule has 6 heteroatoms. The minimum absolute atomic E-state index is 0.109. The van der Waals surface area contributed by atoms with E-state index in [2.05, 4.69) is 15.2 Å². The lowest BCUT2D eigenvalue weighted by Crippen LogP contribution is -2.47. The second kappa shape index (κ2) is 5.53. The van der Waals surface area contributed by atoms with Gasteiger partial charge < -0.3 is 19.5 Å². The molecule has 1 amide bonds. The summed E-state index contributed by atoms with van der Waals surface area (Å²) in [6, 6.07) is 3.89. The Morgan fingerprint density at radius 3 is 3.04 bits per heavy atom. The van der Waals surface area contributed by atoms with E-state index < -0.39 is 0 Å². The van der Waals surface area contributed by atoms with Crippen molar-refractivity contribution in [2.45, 2.75) is 18.9 Å². The molecule has 0 radical (unpaired) electrons. The topological polar surface area (TPSA) is 61.6 Å². The van der Waals surface area contributed by atoms with Crippen molar-refractivity contribution >= 4 is 22.8 Å². The number of amides is 1. The summed E-state index contributed by atoms with van der Waals surface area (Å²) < 4.78 is 5.75. The molecule has 2 saturated heterocycles. The molecule has 0 saturated carbocycles. The molecule has 122 valence electrons. The quantitative estimate of drug-likeness (QED) is 0.934. The monoisotopic (exact) mass is 314 g/mol. The lowest BCUT2D eigenvalue weighted by Gasteiger charge is -2.30. The van der Waals surface area contributed by atoms with Gasteiger partial charge in [-0.2, -0.15) is 0 Å². The highest BCUT2D eigenvalue weighted by Gasteiger charge is 2.33. The first kappa shape index (κ1) is 14.5. The molecule has 2 aromatic rings. The Balaban J connectivity index is 1.50. The van der Waals surface area contributed by atoms with E-state index >= 15 is 0 Å². The molecular formula is C17H22N4O2. The summed E-state index contributed by atoms with van der Waals surface area (Å²) in [5, 5.41) is 4.04. The minimum Gasteiger partial charge on any atom is -0.440 e. The van der Waals surface area contributed by atoms with Gasteiger partial charge in [0.05, 0.1) is 0 Å². The standard InChI is InChI=1S/C17H22N4O2/c1-20(2)16-6-12-8-18-14(7-15(12)23-16)17(22)19-13-5-11-3-4-21(9-11)10-13/h6-8,11,13H,3-5,9-10H2,1-2H3,(H,19,22)/t11-,13+/m0/s1. The van der Waals surface area contributed by atoms with E-state index in [9.17, 15) is 4.79 Å². The number of anilines is 1. The number of piperidine rings is 1. The van der Waals surface area contributed by atoms with Gasteiger partial charge in [-0.15, -0.1) is 0 Å². The van der Waals surface area contributed by atoms with Crippen LogP contribution in [0.15, 0.2) is 22.7 Å². The van der Waals surface area contributed by atoms with Crippen LogP contribution in [0.3, 0.4) is 0 Å². The molecule has 2 aliphatic heterocycles. The number of furan rings is 1. The lowest BCUT2D eigenvalue weighted by atomic mass is 9.97. The highest BCUT2D eigenvalue weighted by molar-refractivity contribution is 5.95. The fourth-order valence-corrected chi connectivity index (χ4v) is 3.69. The van der Waals surface area contributed by atoms with E-state index in [1.54, 1.807) is 12.3 Å². The molecule has 0 aliphatic carbocycles. The van der Waals surface area contributed by atoms with Crippen LogP contribution in [-0.2, 0) is 0 Å². The molecular weight excluding hydrogens is 292 g/mol. The Hall–Kier alpha value is -2.08. The predicted molar refractivity (Wildman–Crippen MR) is 88.8 cm³/mol. The molecule has 4 rings (SSSR count). The number of nitrogens with zero attached hydrogens (tertiary/aromatic N) is 3. The van der Waals surface area contributed by atoms with Gasteiger partial charge in [-0.25, -0.2) is 0 Å². The summed E-state index contributed by atoms with van der Waals surface area (Å²) in [5.74, 6) is 1.38. The maximum atomic E-state index is 12.5. The summed E-state index contributed by atoms with van der Waals surface area (Å²) in [6.07, 6.45) is 4.04. The summed E-state index contributed by atoms with van der Waals surface area (Å²) in [6.45, 7) is 3.31. The van der Waals surface area contributed by atoms with E-state index in [-0.39, 0.29) is 11.9 Å². The smallest absolute Gasteiger partial charge is 0.270 e. The predicted octanol–water partition coefficient (Wildman–Crippen LogP) is 1.72. The zero-order chi connectivity index (χ0) is 16.0. The van der Waals surface area contributed by atoms with Crippen molar-refractivity contribution in [3.05, 3.63) is 24.0 Å². The van der Waals surface area contributed by atoms with Crippen LogP contribution in [0.25, 0.3) is 11.0 Å². The minimum atomic E-state index is -0.109. The molecule has 3 atom stereocenters. The molecule has 2 bridgehead atoms. The Labute approximate surface area is 135 Å². The molecule has 2 aromatic heterocycles. The van der Waals surface area contributed by atoms with E-state index in [0.717, 1.165) is 30.2 Å². The molecule has 2 fully saturated rings. The summed E-state index contributed by atoms with van der Waals surface area (Å²) in [5.41, 5.74) is 1.12. The van der Waals surface area contributed by atoms with Gasteiger partial charge in [0.25, 0.3) is 5.91 Å². The first-order chi connectivity index (χ1) is 11.1. The molecule has 6 nitrogen and oxygen atoms in total. The van der Waals surface area contributed by atoms with Crippen LogP contribution >= 0.6 is 0 Å². The fourth-order valence-electron chi connectivity index (χ4n) is 3.69. The third-order valence-corrected chi connectivity index (χ3v) is 4.86. The van der Waals surface area contributed by atoms with Crippen LogP contribution in [0, 0.1) is 5.92 Å². The first-order valence-electron chi connectivity index (χ1n) is 8.18. The Morgan fingerprint density at radius 2 is 2.26 bits per heavy atom. The van der Waals surface area contributed by atoms with Gasteiger partial charge in [-0.1, -0.05) is 0 Å². The van der Waals surface area contributed by atoms with Crippen LogP contribution in [0.5, 0.6) is 0 Å². The Bertz CT molecular complexity index is 727. The van der Waals surface area contributed by atoms with Crippen molar-refractivity contribution in [3.8, 4) is 0 Å². The number of hydrogen-bond donors (Lipinski definition) is 1. The summed E-state index contributed by atoms with van der Waals surface area (Å²) in [7, 11) is 3.84. The van der Waals surface area contributed by atoms with Crippen molar-refractivity contribution in [2.24, 2.45) is 5.92 Å². The Morgan fingerprint density at radius 1 is 1.39 bits per heavy atom. The average molecular weight is 314 g/mol. The van der Waals surface area contributed by atoms with Crippen molar-refractivity contribution in [2.75, 3.05) is 38.6 Å². The van der Waals surface area contributed by atoms with E-state index in [4.69, 9.17) is 4.42 Å². The van der Waals surface area contributed by atoms with E-state index in [1.807, 2.05) is 25.1 Å². The second-order valence-corrected chi connectivity index (χ2v) is 6.91. The van der Waals surface area contributed by atoms with Crippen LogP contribution < -0.4 is 10.2 Å². The van der Waals surface area contributed by atoms with Gasteiger partial charge in [0.15, 0.2) is 5.88 Å². The van der Waals surface area contributed by atoms with Crippen molar-refractivity contribution < 1.29 is 9.21 Å². The van der Waals surface area contributed by atoms with E-state index in [1.165, 1.54) is 19.5 Å². The number of fused-ring (bicyclic) bond motifs is 3. The zero-order valence-electron chi connectivity index (χ0n) is 13.6. The Kier molecular flexibility index (Phi) is 3.49. The zero-order valence-corrected chi connectivity index (χ0v) is 13.6. The number of aromatic nitrogens is 1. The number of nitrogens with one attached hydrogen (secondary N) is 1. The number of carbonyl (C=O) groups is 1. The van der Waals surface area contributed by atoms with Crippen molar-refractivity contribution in [1.29, 1.82) is 0 Å². The fraction of sp³-hybridized carbons (Fsp3) is 0.529. The van der Waals surface area contributed by atoms with Gasteiger partial charge in [0, 0.05) is 56.9 Å². The van der Waals surface area contributed by atoms with Gasteiger partial charge in [0.1, 0.15) is 11.3 Å². The average Bonchev–Trinajstić information content (AvgIpc) is 3.09. The van der Waals surface area contributed by atoms with Gasteiger partial charge in [0.2, 0.25) is 0 Å². The molecule has 1 N–H and O–H groups in total. The third kappa shape index (κ3) is 2.79.